The third-order valence-corrected chi connectivity index (χ3v) is 10.5. The molecular weight excluding hydrogens is 690 g/mol. The van der Waals surface area contributed by atoms with Crippen LogP contribution >= 0.6 is 0 Å². The van der Waals surface area contributed by atoms with Gasteiger partial charge >= 0.3 is 0 Å². The Hall–Kier alpha value is -2.38. The van der Waals surface area contributed by atoms with Crippen LogP contribution in [0.1, 0.15) is 180 Å². The normalized spacial score (nSPS) is 12.4. The molecule has 6 nitrogen and oxygen atoms in total. The fourth-order valence-corrected chi connectivity index (χ4v) is 7.56. The highest BCUT2D eigenvalue weighted by Gasteiger charge is 2.36. The smallest absolute Gasteiger partial charge is 0.201 e. The van der Waals surface area contributed by atoms with E-state index >= 15 is 0 Å². The number of hydrogen-bond acceptors (Lipinski definition) is 5. The first-order valence-electron chi connectivity index (χ1n) is 19.7. The van der Waals surface area contributed by atoms with Gasteiger partial charge in [-0.1, -0.05) is 117 Å². The van der Waals surface area contributed by atoms with Crippen molar-refractivity contribution in [2.24, 2.45) is 0 Å². The molecule has 0 spiro atoms. The summed E-state index contributed by atoms with van der Waals surface area (Å²) in [5.41, 5.74) is 2.37. The zero-order chi connectivity index (χ0) is 35.5. The van der Waals surface area contributed by atoms with Crippen LogP contribution < -0.4 is 31.2 Å². The van der Waals surface area contributed by atoms with Crippen LogP contribution in [0.15, 0.2) is 24.3 Å². The van der Waals surface area contributed by atoms with Gasteiger partial charge in [-0.15, -0.1) is 0 Å². The van der Waals surface area contributed by atoms with E-state index in [1.165, 1.54) is 136 Å². The Labute approximate surface area is 315 Å². The lowest BCUT2D eigenvalue weighted by atomic mass is 9.82. The van der Waals surface area contributed by atoms with E-state index in [0.717, 1.165) is 29.7 Å². The molecule has 0 fully saturated rings. The van der Waals surface area contributed by atoms with Gasteiger partial charge in [0.15, 0.2) is 5.78 Å². The molecular formula is C43H68BrNO5. The Morgan fingerprint density at radius 3 is 1.32 bits per heavy atom. The number of nitrogens with zero attached hydrogens (tertiary/aromatic N) is 1. The van der Waals surface area contributed by atoms with E-state index < -0.39 is 0 Å². The van der Waals surface area contributed by atoms with Gasteiger partial charge in [-0.3, -0.25) is 9.59 Å². The Kier molecular flexibility index (Phi) is 21.0. The van der Waals surface area contributed by atoms with Crippen molar-refractivity contribution in [3.63, 3.8) is 0 Å². The number of fused-ring (bicyclic) bond motifs is 2. The minimum Gasteiger partial charge on any atom is -1.00 e. The van der Waals surface area contributed by atoms with Crippen molar-refractivity contribution in [2.45, 2.75) is 149 Å². The fraction of sp³-hybridized carbons (Fsp3) is 0.674. The highest BCUT2D eigenvalue weighted by molar-refractivity contribution is 6.30. The van der Waals surface area contributed by atoms with Crippen LogP contribution in [0.25, 0.3) is 0 Å². The van der Waals surface area contributed by atoms with Crippen LogP contribution in [-0.4, -0.2) is 57.5 Å². The highest BCUT2D eigenvalue weighted by Crippen LogP contribution is 2.40. The quantitative estimate of drug-likeness (QED) is 0.0579. The second kappa shape index (κ2) is 24.0. The number of ether oxygens (including phenoxy) is 3. The molecule has 282 valence electrons. The first-order chi connectivity index (χ1) is 23.8. The van der Waals surface area contributed by atoms with E-state index in [1.54, 1.807) is 26.4 Å². The number of rotatable bonds is 27. The van der Waals surface area contributed by atoms with E-state index in [2.05, 4.69) is 20.9 Å². The summed E-state index contributed by atoms with van der Waals surface area (Å²) in [7, 11) is 7.02. The molecule has 0 saturated heterocycles. The van der Waals surface area contributed by atoms with E-state index in [9.17, 15) is 9.59 Å². The first kappa shape index (κ1) is 43.8. The van der Waals surface area contributed by atoms with Crippen LogP contribution in [-0.2, 0) is 6.54 Å². The minimum atomic E-state index is -0.250. The van der Waals surface area contributed by atoms with E-state index in [1.807, 2.05) is 12.1 Å². The summed E-state index contributed by atoms with van der Waals surface area (Å²) in [6, 6.07) is 7.23. The van der Waals surface area contributed by atoms with Crippen molar-refractivity contribution in [1.29, 1.82) is 0 Å². The molecule has 0 radical (unpaired) electrons. The summed E-state index contributed by atoms with van der Waals surface area (Å²) < 4.78 is 17.7. The molecule has 0 heterocycles. The standard InChI is InChI=1S/C43H68NO5.BrH/c1-7-9-11-13-15-17-19-21-23-25-27-44(3,28-26-24-22-20-18-16-14-12-10-8-2)33-34-29-36-40(38(30-34)48-5)43(46)41-37(42(36)45)31-35(47-4)32-39(41)49-6;/h29-32H,7-28,33H2,1-6H3;1H/q+1;/p-1. The molecule has 50 heavy (non-hydrogen) atoms. The summed E-state index contributed by atoms with van der Waals surface area (Å²) in [5.74, 6) is 0.835. The first-order valence-corrected chi connectivity index (χ1v) is 19.7. The zero-order valence-electron chi connectivity index (χ0n) is 32.4. The zero-order valence-corrected chi connectivity index (χ0v) is 34.0. The van der Waals surface area contributed by atoms with Crippen molar-refractivity contribution in [3.05, 3.63) is 52.1 Å². The predicted molar refractivity (Wildman–Crippen MR) is 203 cm³/mol. The van der Waals surface area contributed by atoms with Crippen molar-refractivity contribution >= 4 is 11.6 Å². The number of halogens is 1. The van der Waals surface area contributed by atoms with Crippen molar-refractivity contribution in [2.75, 3.05) is 41.5 Å². The van der Waals surface area contributed by atoms with Crippen LogP contribution in [0.5, 0.6) is 17.2 Å². The van der Waals surface area contributed by atoms with Crippen LogP contribution in [0, 0.1) is 0 Å². The summed E-state index contributed by atoms with van der Waals surface area (Å²) in [4.78, 5) is 27.9. The van der Waals surface area contributed by atoms with E-state index in [0.29, 0.717) is 33.9 Å². The van der Waals surface area contributed by atoms with Crippen molar-refractivity contribution < 1.29 is 45.3 Å². The summed E-state index contributed by atoms with van der Waals surface area (Å²) in [6.07, 6.45) is 26.6. The fourth-order valence-electron chi connectivity index (χ4n) is 7.56. The summed E-state index contributed by atoms with van der Waals surface area (Å²) in [5, 5.41) is 0. The molecule has 0 saturated carbocycles. The lowest BCUT2D eigenvalue weighted by Crippen LogP contribution is -3.00. The molecule has 0 aliphatic heterocycles. The van der Waals surface area contributed by atoms with Gasteiger partial charge in [0.25, 0.3) is 0 Å². The topological polar surface area (TPSA) is 61.8 Å². The number of unbranched alkanes of at least 4 members (excludes halogenated alkanes) is 18. The van der Waals surface area contributed by atoms with Gasteiger partial charge in [-0.2, -0.15) is 0 Å². The van der Waals surface area contributed by atoms with Crippen LogP contribution in [0.3, 0.4) is 0 Å². The van der Waals surface area contributed by atoms with Crippen molar-refractivity contribution in [3.8, 4) is 17.2 Å². The molecule has 7 heteroatoms. The molecule has 0 atom stereocenters. The Morgan fingerprint density at radius 2 is 0.900 bits per heavy atom. The van der Waals surface area contributed by atoms with Gasteiger partial charge in [-0.05, 0) is 43.9 Å². The number of carbonyl (C=O) groups excluding carboxylic acids is 2. The SMILES string of the molecule is CCCCCCCCCCCC[N+](C)(CCCCCCCCCCCC)Cc1cc(OC)c2c(c1)C(=O)c1cc(OC)cc(OC)c1C2=O.[Br-]. The maximum Gasteiger partial charge on any atom is 0.201 e. The van der Waals surface area contributed by atoms with Crippen LogP contribution in [0.2, 0.25) is 0 Å². The van der Waals surface area contributed by atoms with Crippen molar-refractivity contribution in [1.82, 2.24) is 0 Å². The number of quaternary nitrogens is 1. The van der Waals surface area contributed by atoms with Crippen LogP contribution in [0.4, 0.5) is 0 Å². The second-order valence-corrected chi connectivity index (χ2v) is 14.7. The average Bonchev–Trinajstić information content (AvgIpc) is 3.11. The molecule has 1 aliphatic rings. The molecule has 2 aromatic carbocycles. The Balaban J connectivity index is 0.00000867. The number of carbonyl (C=O) groups is 2. The second-order valence-electron chi connectivity index (χ2n) is 14.7. The molecule has 0 N–H and O–H groups in total. The lowest BCUT2D eigenvalue weighted by molar-refractivity contribution is -0.923. The van der Waals surface area contributed by atoms with Gasteiger partial charge in [-0.25, -0.2) is 0 Å². The van der Waals surface area contributed by atoms with E-state index in [4.69, 9.17) is 14.2 Å². The van der Waals surface area contributed by atoms with Gasteiger partial charge < -0.3 is 35.7 Å². The molecule has 0 bridgehead atoms. The minimum absolute atomic E-state index is 0. The van der Waals surface area contributed by atoms with Gasteiger partial charge in [0.05, 0.1) is 52.6 Å². The number of ketones is 2. The predicted octanol–water partition coefficient (Wildman–Crippen LogP) is 8.28. The lowest BCUT2D eigenvalue weighted by Gasteiger charge is -2.35. The maximum absolute atomic E-state index is 14.0. The maximum atomic E-state index is 14.0. The third-order valence-electron chi connectivity index (χ3n) is 10.5. The molecule has 3 rings (SSSR count). The largest absolute Gasteiger partial charge is 1.00 e. The molecule has 2 aromatic rings. The summed E-state index contributed by atoms with van der Waals surface area (Å²) in [6.45, 7) is 7.57. The summed E-state index contributed by atoms with van der Waals surface area (Å²) >= 11 is 0. The Morgan fingerprint density at radius 1 is 0.500 bits per heavy atom. The van der Waals surface area contributed by atoms with Gasteiger partial charge in [0.2, 0.25) is 5.78 Å². The third kappa shape index (κ3) is 13.3. The van der Waals surface area contributed by atoms with E-state index in [-0.39, 0.29) is 34.1 Å². The average molecular weight is 759 g/mol. The number of methoxy groups -OCH3 is 3. The molecule has 1 aliphatic carbocycles. The van der Waals surface area contributed by atoms with Gasteiger partial charge in [0, 0.05) is 22.8 Å². The monoisotopic (exact) mass is 757 g/mol. The molecule has 0 aromatic heterocycles. The molecule has 0 amide bonds. The molecule has 0 unspecified atom stereocenters. The Bertz CT molecular complexity index is 1280. The van der Waals surface area contributed by atoms with Gasteiger partial charge in [0.1, 0.15) is 23.8 Å². The highest BCUT2D eigenvalue weighted by atomic mass is 79.9. The number of hydrogen-bond donors (Lipinski definition) is 0. The number of benzene rings is 2.